The van der Waals surface area contributed by atoms with Crippen molar-refractivity contribution in [3.63, 3.8) is 0 Å². The summed E-state index contributed by atoms with van der Waals surface area (Å²) in [5.41, 5.74) is 7.76. The van der Waals surface area contributed by atoms with Gasteiger partial charge in [-0.3, -0.25) is 4.79 Å². The number of hydrogen-bond acceptors (Lipinski definition) is 6. The Morgan fingerprint density at radius 1 is 1.27 bits per heavy atom. The molecule has 1 aromatic carbocycles. The summed E-state index contributed by atoms with van der Waals surface area (Å²) in [6, 6.07) is 8.46. The molecule has 0 saturated carbocycles. The molecule has 2 heterocycles. The van der Waals surface area contributed by atoms with Crippen LogP contribution in [0.15, 0.2) is 30.5 Å². The van der Waals surface area contributed by atoms with Gasteiger partial charge < -0.3 is 20.6 Å². The molecule has 1 fully saturated rings. The highest BCUT2D eigenvalue weighted by atomic mass is 32.1. The van der Waals surface area contributed by atoms with Gasteiger partial charge in [0.1, 0.15) is 0 Å². The van der Waals surface area contributed by atoms with Gasteiger partial charge in [0.15, 0.2) is 5.13 Å². The van der Waals surface area contributed by atoms with Crippen molar-refractivity contribution in [3.8, 4) is 10.4 Å². The number of aliphatic carboxylic acids is 1. The first-order valence-electron chi connectivity index (χ1n) is 9.07. The molecule has 11 heteroatoms. The van der Waals surface area contributed by atoms with Crippen molar-refractivity contribution >= 4 is 34.0 Å². The van der Waals surface area contributed by atoms with Gasteiger partial charge in [0.05, 0.1) is 4.88 Å². The number of hydrogen-bond donors (Lipinski definition) is 2. The average Bonchev–Trinajstić information content (AvgIpc) is 3.18. The maximum absolute atomic E-state index is 11.3. The first-order valence-corrected chi connectivity index (χ1v) is 9.88. The van der Waals surface area contributed by atoms with Gasteiger partial charge in [-0.15, -0.1) is 0 Å². The van der Waals surface area contributed by atoms with Crippen LogP contribution in [0.4, 0.5) is 24.0 Å². The normalized spacial score (nSPS) is 14.6. The fourth-order valence-corrected chi connectivity index (χ4v) is 3.80. The molecule has 0 aliphatic carbocycles. The molecule has 0 atom stereocenters. The number of rotatable bonds is 4. The Kier molecular flexibility index (Phi) is 7.65. The quantitative estimate of drug-likeness (QED) is 0.751. The Morgan fingerprint density at radius 2 is 1.87 bits per heavy atom. The molecule has 3 N–H and O–H groups in total. The van der Waals surface area contributed by atoms with E-state index >= 15 is 0 Å². The van der Waals surface area contributed by atoms with Gasteiger partial charge in [0.2, 0.25) is 5.91 Å². The predicted octanol–water partition coefficient (Wildman–Crippen LogP) is 3.21. The van der Waals surface area contributed by atoms with Crippen LogP contribution in [0.1, 0.15) is 12.8 Å². The van der Waals surface area contributed by atoms with E-state index in [1.165, 1.54) is 16.1 Å². The highest BCUT2D eigenvalue weighted by Gasteiger charge is 2.38. The number of halogens is 3. The third kappa shape index (κ3) is 6.34. The Hall–Kier alpha value is -2.82. The minimum atomic E-state index is -5.08. The van der Waals surface area contributed by atoms with E-state index in [4.69, 9.17) is 15.6 Å². The van der Waals surface area contributed by atoms with Crippen LogP contribution in [-0.4, -0.2) is 55.3 Å². The Morgan fingerprint density at radius 3 is 2.37 bits per heavy atom. The first-order chi connectivity index (χ1) is 14.0. The minimum Gasteiger partial charge on any atom is -0.475 e. The molecule has 1 amide bonds. The van der Waals surface area contributed by atoms with Crippen molar-refractivity contribution in [1.82, 2.24) is 4.98 Å². The molecule has 1 aliphatic heterocycles. The highest BCUT2D eigenvalue weighted by Crippen LogP contribution is 2.34. The number of primary amides is 1. The van der Waals surface area contributed by atoms with Crippen molar-refractivity contribution in [2.75, 3.05) is 37.0 Å². The number of carbonyl (C=O) groups excluding carboxylic acids is 1. The number of carboxylic acid groups (broad SMARTS) is 1. The zero-order valence-electron chi connectivity index (χ0n) is 16.5. The number of benzene rings is 1. The van der Waals surface area contributed by atoms with E-state index in [0.717, 1.165) is 31.1 Å². The minimum absolute atomic E-state index is 0.0162. The highest BCUT2D eigenvalue weighted by molar-refractivity contribution is 7.18. The number of amides is 1. The zero-order valence-corrected chi connectivity index (χ0v) is 17.3. The standard InChI is InChI=1S/C17H22N4OS.C2HF3O2/c1-20(2)14-5-3-4-13(10-14)15-11-19-17(23-15)21-8-6-12(7-9-21)16(18)22;3-2(4,5)1(6)7/h3-5,10-12H,6-9H2,1-2H3,(H2,18,22);(H,6,7). The molecular formula is C19H23F3N4O3S. The second-order valence-corrected chi connectivity index (χ2v) is 7.93. The molecule has 7 nitrogen and oxygen atoms in total. The molecule has 1 aromatic heterocycles. The number of aromatic nitrogens is 1. The fraction of sp³-hybridized carbons (Fsp3) is 0.421. The van der Waals surface area contributed by atoms with Gasteiger partial charge >= 0.3 is 12.1 Å². The van der Waals surface area contributed by atoms with Gasteiger partial charge in [0.25, 0.3) is 0 Å². The largest absolute Gasteiger partial charge is 0.490 e. The number of piperidine rings is 1. The van der Waals surface area contributed by atoms with Crippen molar-refractivity contribution in [2.45, 2.75) is 19.0 Å². The molecule has 3 rings (SSSR count). The van der Waals surface area contributed by atoms with Crippen molar-refractivity contribution < 1.29 is 27.9 Å². The molecule has 0 unspecified atom stereocenters. The summed E-state index contributed by atoms with van der Waals surface area (Å²) < 4.78 is 31.7. The SMILES string of the molecule is CN(C)c1cccc(-c2cnc(N3CCC(C(N)=O)CC3)s2)c1.O=C(O)C(F)(F)F. The van der Waals surface area contributed by atoms with Gasteiger partial charge in [-0.1, -0.05) is 23.5 Å². The molecule has 1 aliphatic rings. The summed E-state index contributed by atoms with van der Waals surface area (Å²) in [7, 11) is 4.08. The van der Waals surface area contributed by atoms with Gasteiger partial charge in [-0.2, -0.15) is 13.2 Å². The molecule has 0 bridgehead atoms. The second-order valence-electron chi connectivity index (χ2n) is 6.92. The number of carboxylic acids is 1. The van der Waals surface area contributed by atoms with E-state index in [1.807, 2.05) is 20.3 Å². The number of nitrogens with zero attached hydrogens (tertiary/aromatic N) is 3. The van der Waals surface area contributed by atoms with Crippen molar-refractivity contribution in [1.29, 1.82) is 0 Å². The molecule has 0 spiro atoms. The maximum Gasteiger partial charge on any atom is 0.490 e. The molecule has 164 valence electrons. The zero-order chi connectivity index (χ0) is 22.5. The third-order valence-electron chi connectivity index (χ3n) is 4.55. The predicted molar refractivity (Wildman–Crippen MR) is 110 cm³/mol. The first kappa shape index (κ1) is 23.5. The third-order valence-corrected chi connectivity index (χ3v) is 5.66. The van der Waals surface area contributed by atoms with Crippen LogP contribution in [0.5, 0.6) is 0 Å². The average molecular weight is 444 g/mol. The Balaban J connectivity index is 0.000000396. The lowest BCUT2D eigenvalue weighted by atomic mass is 9.97. The van der Waals surface area contributed by atoms with Crippen LogP contribution in [-0.2, 0) is 9.59 Å². The lowest BCUT2D eigenvalue weighted by Gasteiger charge is -2.30. The number of thiazole rings is 1. The summed E-state index contributed by atoms with van der Waals surface area (Å²) >= 11 is 1.70. The van der Waals surface area contributed by atoms with Crippen LogP contribution in [0.25, 0.3) is 10.4 Å². The molecular weight excluding hydrogens is 421 g/mol. The van der Waals surface area contributed by atoms with Crippen molar-refractivity contribution in [2.24, 2.45) is 11.7 Å². The number of carbonyl (C=O) groups is 2. The van der Waals surface area contributed by atoms with E-state index in [0.29, 0.717) is 0 Å². The summed E-state index contributed by atoms with van der Waals surface area (Å²) in [6.07, 6.45) is -1.50. The Bertz CT molecular complexity index is 878. The number of anilines is 2. The van der Waals surface area contributed by atoms with Gasteiger partial charge in [-0.25, -0.2) is 9.78 Å². The number of nitrogens with two attached hydrogens (primary N) is 1. The lowest BCUT2D eigenvalue weighted by molar-refractivity contribution is -0.192. The van der Waals surface area contributed by atoms with Crippen LogP contribution in [0, 0.1) is 5.92 Å². The van der Waals surface area contributed by atoms with E-state index in [9.17, 15) is 18.0 Å². The van der Waals surface area contributed by atoms with Crippen molar-refractivity contribution in [3.05, 3.63) is 30.5 Å². The molecule has 0 radical (unpaired) electrons. The number of alkyl halides is 3. The van der Waals surface area contributed by atoms with Crippen LogP contribution in [0.2, 0.25) is 0 Å². The molecule has 1 saturated heterocycles. The smallest absolute Gasteiger partial charge is 0.475 e. The van der Waals surface area contributed by atoms with E-state index in [2.05, 4.69) is 39.0 Å². The molecule has 30 heavy (non-hydrogen) atoms. The fourth-order valence-electron chi connectivity index (χ4n) is 2.84. The van der Waals surface area contributed by atoms with Gasteiger partial charge in [0, 0.05) is 45.0 Å². The van der Waals surface area contributed by atoms with E-state index < -0.39 is 12.1 Å². The second kappa shape index (κ2) is 9.79. The van der Waals surface area contributed by atoms with E-state index in [-0.39, 0.29) is 11.8 Å². The lowest BCUT2D eigenvalue weighted by Crippen LogP contribution is -2.38. The van der Waals surface area contributed by atoms with Crippen LogP contribution in [0.3, 0.4) is 0 Å². The summed E-state index contributed by atoms with van der Waals surface area (Å²) in [4.78, 5) is 30.2. The van der Waals surface area contributed by atoms with E-state index in [1.54, 1.807) is 11.3 Å². The van der Waals surface area contributed by atoms with Crippen LogP contribution < -0.4 is 15.5 Å². The van der Waals surface area contributed by atoms with Gasteiger partial charge in [-0.05, 0) is 30.5 Å². The van der Waals surface area contributed by atoms with Crippen LogP contribution >= 0.6 is 11.3 Å². The Labute approximate surface area is 175 Å². The summed E-state index contributed by atoms with van der Waals surface area (Å²) in [5, 5.41) is 8.15. The topological polar surface area (TPSA) is 99.8 Å². The monoisotopic (exact) mass is 444 g/mol. The molecule has 2 aromatic rings. The maximum atomic E-state index is 11.3. The summed E-state index contributed by atoms with van der Waals surface area (Å²) in [5.74, 6) is -2.92. The summed E-state index contributed by atoms with van der Waals surface area (Å²) in [6.45, 7) is 1.69.